The SMILES string of the molecule is CCCCOc1noc(C(=O)O)c1C[C@H](N)C(=O)O. The zero-order valence-corrected chi connectivity index (χ0v) is 10.5. The molecule has 0 fully saturated rings. The molecule has 1 atom stereocenters. The van der Waals surface area contributed by atoms with Crippen LogP contribution in [0.2, 0.25) is 0 Å². The number of rotatable bonds is 8. The quantitative estimate of drug-likeness (QED) is 0.582. The predicted octanol–water partition coefficient (Wildman–Crippen LogP) is 0.506. The van der Waals surface area contributed by atoms with E-state index >= 15 is 0 Å². The van der Waals surface area contributed by atoms with Crippen LogP contribution in [0.3, 0.4) is 0 Å². The zero-order valence-electron chi connectivity index (χ0n) is 10.5. The van der Waals surface area contributed by atoms with Gasteiger partial charge < -0.3 is 25.2 Å². The lowest BCUT2D eigenvalue weighted by molar-refractivity contribution is -0.138. The molecule has 1 aromatic heterocycles. The van der Waals surface area contributed by atoms with Crippen molar-refractivity contribution in [3.05, 3.63) is 11.3 Å². The molecule has 0 aliphatic rings. The Balaban J connectivity index is 2.91. The standard InChI is InChI=1S/C11H16N2O6/c1-2-3-4-18-9-6(5-7(12)10(14)15)8(11(16)17)19-13-9/h7H,2-5,12H2,1H3,(H,14,15)(H,16,17)/t7-/m0/s1. The first kappa shape index (κ1) is 15.0. The summed E-state index contributed by atoms with van der Waals surface area (Å²) in [6.45, 7) is 2.31. The highest BCUT2D eigenvalue weighted by atomic mass is 16.5. The van der Waals surface area contributed by atoms with Crippen LogP contribution in [-0.2, 0) is 11.2 Å². The van der Waals surface area contributed by atoms with Gasteiger partial charge in [-0.15, -0.1) is 0 Å². The maximum Gasteiger partial charge on any atom is 0.375 e. The summed E-state index contributed by atoms with van der Waals surface area (Å²) in [4.78, 5) is 21.7. The Hall–Kier alpha value is -2.09. The van der Waals surface area contributed by atoms with E-state index in [-0.39, 0.29) is 17.9 Å². The number of ether oxygens (including phenoxy) is 1. The van der Waals surface area contributed by atoms with E-state index < -0.39 is 23.7 Å². The number of aromatic carboxylic acids is 1. The van der Waals surface area contributed by atoms with Crippen LogP contribution in [0.15, 0.2) is 4.52 Å². The normalized spacial score (nSPS) is 12.1. The first-order chi connectivity index (χ1) is 8.97. The van der Waals surface area contributed by atoms with Gasteiger partial charge in [0, 0.05) is 6.42 Å². The molecule has 0 bridgehead atoms. The van der Waals surface area contributed by atoms with Gasteiger partial charge in [-0.25, -0.2) is 4.79 Å². The molecule has 0 spiro atoms. The Kier molecular flexibility index (Phi) is 5.31. The second-order valence-electron chi connectivity index (χ2n) is 3.95. The van der Waals surface area contributed by atoms with Gasteiger partial charge in [0.2, 0.25) is 0 Å². The molecule has 0 aliphatic carbocycles. The van der Waals surface area contributed by atoms with E-state index in [0.29, 0.717) is 6.61 Å². The van der Waals surface area contributed by atoms with E-state index in [9.17, 15) is 9.59 Å². The third kappa shape index (κ3) is 3.95. The number of hydrogen-bond acceptors (Lipinski definition) is 6. The van der Waals surface area contributed by atoms with Crippen molar-refractivity contribution in [3.8, 4) is 5.88 Å². The molecule has 19 heavy (non-hydrogen) atoms. The van der Waals surface area contributed by atoms with Crippen LogP contribution in [0.4, 0.5) is 0 Å². The number of carbonyl (C=O) groups is 2. The fraction of sp³-hybridized carbons (Fsp3) is 0.545. The summed E-state index contributed by atoms with van der Waals surface area (Å²) >= 11 is 0. The van der Waals surface area contributed by atoms with Crippen molar-refractivity contribution in [3.63, 3.8) is 0 Å². The van der Waals surface area contributed by atoms with Crippen LogP contribution in [0.5, 0.6) is 5.88 Å². The van der Waals surface area contributed by atoms with Gasteiger partial charge in [0.1, 0.15) is 6.04 Å². The molecule has 1 heterocycles. The van der Waals surface area contributed by atoms with Crippen LogP contribution in [0.25, 0.3) is 0 Å². The number of unbranched alkanes of at least 4 members (excludes halogenated alkanes) is 1. The van der Waals surface area contributed by atoms with E-state index in [0.717, 1.165) is 12.8 Å². The topological polar surface area (TPSA) is 136 Å². The molecule has 0 aliphatic heterocycles. The molecule has 1 rings (SSSR count). The number of nitrogens with two attached hydrogens (primary N) is 1. The summed E-state index contributed by atoms with van der Waals surface area (Å²) in [5.41, 5.74) is 5.45. The number of aliphatic carboxylic acids is 1. The van der Waals surface area contributed by atoms with Gasteiger partial charge >= 0.3 is 11.9 Å². The second-order valence-corrected chi connectivity index (χ2v) is 3.95. The number of hydrogen-bond donors (Lipinski definition) is 3. The molecular formula is C11H16N2O6. The fourth-order valence-corrected chi connectivity index (χ4v) is 1.38. The van der Waals surface area contributed by atoms with Crippen LogP contribution in [-0.4, -0.2) is 40.0 Å². The number of carboxylic acid groups (broad SMARTS) is 2. The molecule has 1 aromatic rings. The molecular weight excluding hydrogens is 256 g/mol. The highest BCUT2D eigenvalue weighted by molar-refractivity contribution is 5.87. The summed E-state index contributed by atoms with van der Waals surface area (Å²) in [5, 5.41) is 21.2. The van der Waals surface area contributed by atoms with E-state index in [1.807, 2.05) is 6.92 Å². The summed E-state index contributed by atoms with van der Waals surface area (Å²) in [7, 11) is 0. The van der Waals surface area contributed by atoms with E-state index in [1.165, 1.54) is 0 Å². The van der Waals surface area contributed by atoms with Crippen molar-refractivity contribution < 1.29 is 29.1 Å². The van der Waals surface area contributed by atoms with Crippen LogP contribution >= 0.6 is 0 Å². The molecule has 0 aromatic carbocycles. The van der Waals surface area contributed by atoms with Crippen molar-refractivity contribution in [1.29, 1.82) is 0 Å². The minimum Gasteiger partial charge on any atom is -0.480 e. The summed E-state index contributed by atoms with van der Waals surface area (Å²) in [6, 6.07) is -1.24. The number of carboxylic acids is 2. The Morgan fingerprint density at radius 1 is 1.47 bits per heavy atom. The lowest BCUT2D eigenvalue weighted by atomic mass is 10.1. The van der Waals surface area contributed by atoms with E-state index in [4.69, 9.17) is 20.7 Å². The first-order valence-electron chi connectivity index (χ1n) is 5.80. The van der Waals surface area contributed by atoms with Crippen LogP contribution < -0.4 is 10.5 Å². The highest BCUT2D eigenvalue weighted by Crippen LogP contribution is 2.23. The molecule has 0 amide bonds. The van der Waals surface area contributed by atoms with Gasteiger partial charge in [-0.05, 0) is 11.6 Å². The summed E-state index contributed by atoms with van der Waals surface area (Å²) < 4.78 is 9.92. The van der Waals surface area contributed by atoms with Crippen LogP contribution in [0, 0.1) is 0 Å². The Labute approximate surface area is 109 Å². The van der Waals surface area contributed by atoms with Crippen molar-refractivity contribution in [2.75, 3.05) is 6.61 Å². The molecule has 0 unspecified atom stereocenters. The Morgan fingerprint density at radius 3 is 2.68 bits per heavy atom. The average molecular weight is 272 g/mol. The Morgan fingerprint density at radius 2 is 2.16 bits per heavy atom. The predicted molar refractivity (Wildman–Crippen MR) is 63.2 cm³/mol. The minimum absolute atomic E-state index is 0.0115. The molecule has 0 radical (unpaired) electrons. The van der Waals surface area contributed by atoms with Crippen molar-refractivity contribution in [1.82, 2.24) is 5.16 Å². The number of nitrogens with zero attached hydrogens (tertiary/aromatic N) is 1. The third-order valence-electron chi connectivity index (χ3n) is 2.42. The van der Waals surface area contributed by atoms with Crippen molar-refractivity contribution >= 4 is 11.9 Å². The largest absolute Gasteiger partial charge is 0.480 e. The molecule has 0 saturated heterocycles. The molecule has 4 N–H and O–H groups in total. The van der Waals surface area contributed by atoms with Gasteiger partial charge in [-0.1, -0.05) is 13.3 Å². The number of aromatic nitrogens is 1. The molecule has 8 nitrogen and oxygen atoms in total. The minimum atomic E-state index is -1.34. The molecule has 8 heteroatoms. The van der Waals surface area contributed by atoms with Gasteiger partial charge in [0.25, 0.3) is 11.6 Å². The maximum atomic E-state index is 10.9. The van der Waals surface area contributed by atoms with Gasteiger partial charge in [-0.2, -0.15) is 0 Å². The average Bonchev–Trinajstić information content (AvgIpc) is 2.73. The van der Waals surface area contributed by atoms with Gasteiger partial charge in [0.05, 0.1) is 12.2 Å². The van der Waals surface area contributed by atoms with E-state index in [1.54, 1.807) is 0 Å². The summed E-state index contributed by atoms with van der Waals surface area (Å²) in [5.74, 6) is -3.03. The lowest BCUT2D eigenvalue weighted by Gasteiger charge is -2.07. The van der Waals surface area contributed by atoms with Crippen LogP contribution in [0.1, 0.15) is 35.9 Å². The van der Waals surface area contributed by atoms with Crippen molar-refractivity contribution in [2.45, 2.75) is 32.2 Å². The maximum absolute atomic E-state index is 10.9. The second kappa shape index (κ2) is 6.74. The van der Waals surface area contributed by atoms with E-state index in [2.05, 4.69) is 9.68 Å². The van der Waals surface area contributed by atoms with Gasteiger partial charge in [-0.3, -0.25) is 4.79 Å². The molecule has 0 saturated carbocycles. The first-order valence-corrected chi connectivity index (χ1v) is 5.80. The zero-order chi connectivity index (χ0) is 14.4. The van der Waals surface area contributed by atoms with Gasteiger partial charge in [0.15, 0.2) is 0 Å². The highest BCUT2D eigenvalue weighted by Gasteiger charge is 2.26. The molecule has 106 valence electrons. The monoisotopic (exact) mass is 272 g/mol. The summed E-state index contributed by atoms with van der Waals surface area (Å²) in [6.07, 6.45) is 1.44. The fourth-order valence-electron chi connectivity index (χ4n) is 1.38. The third-order valence-corrected chi connectivity index (χ3v) is 2.42. The Bertz CT molecular complexity index is 456. The van der Waals surface area contributed by atoms with Crippen molar-refractivity contribution in [2.24, 2.45) is 5.73 Å². The lowest BCUT2D eigenvalue weighted by Crippen LogP contribution is -2.32. The smallest absolute Gasteiger partial charge is 0.375 e.